The van der Waals surface area contributed by atoms with Gasteiger partial charge in [0, 0.05) is 17.1 Å². The Hall–Kier alpha value is -3.19. The molecule has 7 heteroatoms. The summed E-state index contributed by atoms with van der Waals surface area (Å²) in [6, 6.07) is 15.2. The molecule has 2 heterocycles. The lowest BCUT2D eigenvalue weighted by Gasteiger charge is -2.53. The SMILES string of the molecule is CN1C(C)(C)CC(NC(=O)CN2C(=O)C(c3ccccc3)NC(=O)c3ccccc32)CC1(C)C. The standard InChI is InChI=1S/C27H34N4O3/c1-26(2)15-19(16-27(3,4)30(26)5)28-22(32)17-31-21-14-10-9-13-20(21)24(33)29-23(25(31)34)18-11-7-6-8-12-18/h6-14,19,23H,15-17H2,1-5H3,(H,28,32)(H,29,33). The monoisotopic (exact) mass is 462 g/mol. The van der Waals surface area contributed by atoms with E-state index in [-0.39, 0.29) is 41.4 Å². The third kappa shape index (κ3) is 4.57. The van der Waals surface area contributed by atoms with Gasteiger partial charge in [-0.25, -0.2) is 0 Å². The van der Waals surface area contributed by atoms with E-state index in [4.69, 9.17) is 0 Å². The number of amides is 3. The Bertz CT molecular complexity index is 1080. The van der Waals surface area contributed by atoms with E-state index in [0.29, 0.717) is 16.8 Å². The zero-order chi connectivity index (χ0) is 24.7. The number of fused-ring (bicyclic) bond motifs is 1. The van der Waals surface area contributed by atoms with Crippen molar-refractivity contribution < 1.29 is 14.4 Å². The van der Waals surface area contributed by atoms with E-state index in [1.54, 1.807) is 36.4 Å². The summed E-state index contributed by atoms with van der Waals surface area (Å²) >= 11 is 0. The number of hydrogen-bond donors (Lipinski definition) is 2. The van der Waals surface area contributed by atoms with Gasteiger partial charge in [0.05, 0.1) is 11.3 Å². The average molecular weight is 463 g/mol. The van der Waals surface area contributed by atoms with Gasteiger partial charge in [-0.2, -0.15) is 0 Å². The third-order valence-electron chi connectivity index (χ3n) is 7.34. The minimum absolute atomic E-state index is 0.00398. The van der Waals surface area contributed by atoms with Crippen molar-refractivity contribution >= 4 is 23.4 Å². The van der Waals surface area contributed by atoms with E-state index in [1.165, 1.54) is 4.90 Å². The average Bonchev–Trinajstić information content (AvgIpc) is 2.88. The van der Waals surface area contributed by atoms with Crippen molar-refractivity contribution in [2.45, 2.75) is 63.7 Å². The fourth-order valence-electron chi connectivity index (χ4n) is 5.37. The molecule has 0 radical (unpaired) electrons. The minimum atomic E-state index is -0.866. The molecule has 0 aromatic heterocycles. The van der Waals surface area contributed by atoms with Crippen LogP contribution >= 0.6 is 0 Å². The van der Waals surface area contributed by atoms with Crippen molar-refractivity contribution in [1.82, 2.24) is 15.5 Å². The smallest absolute Gasteiger partial charge is 0.254 e. The van der Waals surface area contributed by atoms with Gasteiger partial charge in [0.15, 0.2) is 0 Å². The number of nitrogens with zero attached hydrogens (tertiary/aromatic N) is 2. The number of hydrogen-bond acceptors (Lipinski definition) is 4. The van der Waals surface area contributed by atoms with Crippen LogP contribution in [0.15, 0.2) is 54.6 Å². The highest BCUT2D eigenvalue weighted by molar-refractivity contribution is 6.12. The summed E-state index contributed by atoms with van der Waals surface area (Å²) in [4.78, 5) is 43.7. The molecule has 0 saturated carbocycles. The van der Waals surface area contributed by atoms with Crippen LogP contribution in [0.2, 0.25) is 0 Å². The van der Waals surface area contributed by atoms with Crippen LogP contribution in [0.1, 0.15) is 62.5 Å². The van der Waals surface area contributed by atoms with E-state index in [0.717, 1.165) is 12.8 Å². The Morgan fingerprint density at radius 2 is 1.56 bits per heavy atom. The molecular formula is C27H34N4O3. The number of rotatable bonds is 4. The Kier molecular flexibility index (Phi) is 6.25. The van der Waals surface area contributed by atoms with Crippen LogP contribution < -0.4 is 15.5 Å². The van der Waals surface area contributed by atoms with E-state index in [1.807, 2.05) is 18.2 Å². The van der Waals surface area contributed by atoms with Crippen LogP contribution in [0.5, 0.6) is 0 Å². The van der Waals surface area contributed by atoms with Crippen molar-refractivity contribution in [1.29, 1.82) is 0 Å². The second-order valence-electron chi connectivity index (χ2n) is 10.6. The van der Waals surface area contributed by atoms with E-state index < -0.39 is 6.04 Å². The first kappa shape index (κ1) is 24.0. The largest absolute Gasteiger partial charge is 0.352 e. The van der Waals surface area contributed by atoms with Crippen LogP contribution in [-0.2, 0) is 9.59 Å². The van der Waals surface area contributed by atoms with E-state index in [2.05, 4.69) is 50.3 Å². The Labute approximate surface area is 201 Å². The molecule has 0 bridgehead atoms. The lowest BCUT2D eigenvalue weighted by atomic mass is 9.77. The quantitative estimate of drug-likeness (QED) is 0.731. The van der Waals surface area contributed by atoms with E-state index in [9.17, 15) is 14.4 Å². The lowest BCUT2D eigenvalue weighted by molar-refractivity contribution is -0.126. The first-order valence-corrected chi connectivity index (χ1v) is 11.8. The molecule has 2 aliphatic heterocycles. The van der Waals surface area contributed by atoms with Gasteiger partial charge in [-0.15, -0.1) is 0 Å². The molecule has 2 aromatic rings. The molecule has 34 heavy (non-hydrogen) atoms. The molecule has 2 aromatic carbocycles. The van der Waals surface area contributed by atoms with Crippen LogP contribution in [0.3, 0.4) is 0 Å². The van der Waals surface area contributed by atoms with Crippen molar-refractivity contribution in [2.75, 3.05) is 18.5 Å². The van der Waals surface area contributed by atoms with Gasteiger partial charge in [0.25, 0.3) is 11.8 Å². The van der Waals surface area contributed by atoms with Gasteiger partial charge in [-0.1, -0.05) is 42.5 Å². The zero-order valence-corrected chi connectivity index (χ0v) is 20.6. The highest BCUT2D eigenvalue weighted by atomic mass is 16.2. The minimum Gasteiger partial charge on any atom is -0.352 e. The van der Waals surface area contributed by atoms with Crippen molar-refractivity contribution in [3.63, 3.8) is 0 Å². The molecule has 1 atom stereocenters. The highest BCUT2D eigenvalue weighted by Gasteiger charge is 2.44. The first-order chi connectivity index (χ1) is 16.0. The van der Waals surface area contributed by atoms with Crippen LogP contribution in [0, 0.1) is 0 Å². The molecule has 1 fully saturated rings. The number of piperidine rings is 1. The van der Waals surface area contributed by atoms with Gasteiger partial charge in [-0.3, -0.25) is 19.3 Å². The Morgan fingerprint density at radius 3 is 2.21 bits per heavy atom. The topological polar surface area (TPSA) is 81.8 Å². The molecule has 4 rings (SSSR count). The summed E-state index contributed by atoms with van der Waals surface area (Å²) in [7, 11) is 2.12. The normalized spacial score (nSPS) is 22.5. The number of benzene rings is 2. The predicted molar refractivity (Wildman–Crippen MR) is 133 cm³/mol. The summed E-state index contributed by atoms with van der Waals surface area (Å²) in [6.45, 7) is 8.58. The van der Waals surface area contributed by atoms with Crippen LogP contribution in [0.25, 0.3) is 0 Å². The summed E-state index contributed by atoms with van der Waals surface area (Å²) < 4.78 is 0. The second kappa shape index (κ2) is 8.87. The van der Waals surface area contributed by atoms with Crippen molar-refractivity contribution in [3.05, 3.63) is 65.7 Å². The second-order valence-corrected chi connectivity index (χ2v) is 10.6. The highest BCUT2D eigenvalue weighted by Crippen LogP contribution is 2.37. The van der Waals surface area contributed by atoms with Crippen molar-refractivity contribution in [3.8, 4) is 0 Å². The van der Waals surface area contributed by atoms with Gasteiger partial charge >= 0.3 is 0 Å². The lowest BCUT2D eigenvalue weighted by Crippen LogP contribution is -2.63. The molecular weight excluding hydrogens is 428 g/mol. The predicted octanol–water partition coefficient (Wildman–Crippen LogP) is 3.27. The summed E-state index contributed by atoms with van der Waals surface area (Å²) in [5, 5.41) is 6.02. The summed E-state index contributed by atoms with van der Waals surface area (Å²) in [5.74, 6) is -0.895. The molecule has 2 aliphatic rings. The molecule has 7 nitrogen and oxygen atoms in total. The first-order valence-electron chi connectivity index (χ1n) is 11.8. The summed E-state index contributed by atoms with van der Waals surface area (Å²) in [6.07, 6.45) is 1.63. The van der Waals surface area contributed by atoms with Crippen LogP contribution in [0.4, 0.5) is 5.69 Å². The van der Waals surface area contributed by atoms with Gasteiger partial charge in [-0.05, 0) is 65.3 Å². The molecule has 1 unspecified atom stereocenters. The van der Waals surface area contributed by atoms with E-state index >= 15 is 0 Å². The fourth-order valence-corrected chi connectivity index (χ4v) is 5.37. The van der Waals surface area contributed by atoms with Gasteiger partial charge in [0.2, 0.25) is 5.91 Å². The van der Waals surface area contributed by atoms with Gasteiger partial charge < -0.3 is 15.5 Å². The third-order valence-corrected chi connectivity index (χ3v) is 7.34. The Morgan fingerprint density at radius 1 is 0.971 bits per heavy atom. The molecule has 0 aliphatic carbocycles. The maximum atomic E-state index is 13.7. The molecule has 1 saturated heterocycles. The summed E-state index contributed by atoms with van der Waals surface area (Å²) in [5.41, 5.74) is 1.36. The number of likely N-dealkylation sites (tertiary alicyclic amines) is 1. The maximum absolute atomic E-state index is 13.7. The fraction of sp³-hybridized carbons (Fsp3) is 0.444. The number of para-hydroxylation sites is 1. The molecule has 0 spiro atoms. The number of carbonyl (C=O) groups is 3. The number of anilines is 1. The Balaban J connectivity index is 1.60. The maximum Gasteiger partial charge on any atom is 0.254 e. The van der Waals surface area contributed by atoms with Crippen LogP contribution in [-0.4, -0.2) is 53.3 Å². The molecule has 180 valence electrons. The number of carbonyl (C=O) groups excluding carboxylic acids is 3. The zero-order valence-electron chi connectivity index (χ0n) is 20.6. The molecule has 3 amide bonds. The molecule has 2 N–H and O–H groups in total. The number of nitrogens with one attached hydrogen (secondary N) is 2. The van der Waals surface area contributed by atoms with Gasteiger partial charge in [0.1, 0.15) is 12.6 Å². The van der Waals surface area contributed by atoms with Crippen molar-refractivity contribution in [2.24, 2.45) is 0 Å².